The lowest BCUT2D eigenvalue weighted by molar-refractivity contribution is -0.131. The van der Waals surface area contributed by atoms with Crippen LogP contribution in [0.5, 0.6) is 0 Å². The van der Waals surface area contributed by atoms with Crippen molar-refractivity contribution < 1.29 is 14.4 Å². The molecular weight excluding hydrogens is 248 g/mol. The van der Waals surface area contributed by atoms with Crippen LogP contribution in [0.4, 0.5) is 0 Å². The van der Waals surface area contributed by atoms with E-state index in [-0.39, 0.29) is 24.7 Å². The maximum atomic E-state index is 12.0. The molecule has 0 fully saturated rings. The summed E-state index contributed by atoms with van der Waals surface area (Å²) in [6.07, 6.45) is 0.267. The summed E-state index contributed by atoms with van der Waals surface area (Å²) in [4.78, 5) is 34.2. The van der Waals surface area contributed by atoms with Gasteiger partial charge in [-0.25, -0.2) is 0 Å². The lowest BCUT2D eigenvalue weighted by Crippen LogP contribution is -2.54. The third kappa shape index (κ3) is 6.41. The molecule has 0 radical (unpaired) electrons. The van der Waals surface area contributed by atoms with Gasteiger partial charge >= 0.3 is 0 Å². The van der Waals surface area contributed by atoms with Crippen molar-refractivity contribution in [3.8, 4) is 6.07 Å². The number of carbonyl (C=O) groups excluding carboxylic acids is 3. The summed E-state index contributed by atoms with van der Waals surface area (Å²) >= 11 is 0. The average Bonchev–Trinajstić information content (AvgIpc) is 2.30. The van der Waals surface area contributed by atoms with Crippen LogP contribution in [0.1, 0.15) is 33.6 Å². The topological polar surface area (TPSA) is 125 Å². The minimum absolute atomic E-state index is 0.111. The molecule has 0 rings (SSSR count). The zero-order chi connectivity index (χ0) is 15.0. The molecule has 19 heavy (non-hydrogen) atoms. The van der Waals surface area contributed by atoms with Gasteiger partial charge in [0.2, 0.25) is 17.7 Å². The fraction of sp³-hybridized carbons (Fsp3) is 0.667. The monoisotopic (exact) mass is 268 g/mol. The minimum Gasteiger partial charge on any atom is -0.368 e. The van der Waals surface area contributed by atoms with Crippen molar-refractivity contribution in [2.24, 2.45) is 11.7 Å². The van der Waals surface area contributed by atoms with E-state index < -0.39 is 23.9 Å². The molecule has 4 N–H and O–H groups in total. The first-order valence-corrected chi connectivity index (χ1v) is 6.03. The van der Waals surface area contributed by atoms with Crippen LogP contribution in [0, 0.1) is 17.2 Å². The number of rotatable bonds is 7. The van der Waals surface area contributed by atoms with Gasteiger partial charge in [-0.05, 0) is 12.3 Å². The van der Waals surface area contributed by atoms with Gasteiger partial charge in [0.25, 0.3) is 0 Å². The van der Waals surface area contributed by atoms with E-state index in [0.29, 0.717) is 0 Å². The van der Waals surface area contributed by atoms with Gasteiger partial charge in [0, 0.05) is 13.3 Å². The molecule has 106 valence electrons. The van der Waals surface area contributed by atoms with E-state index in [1.165, 1.54) is 6.92 Å². The molecule has 0 aliphatic heterocycles. The predicted molar refractivity (Wildman–Crippen MR) is 68.4 cm³/mol. The van der Waals surface area contributed by atoms with Crippen LogP contribution >= 0.6 is 0 Å². The van der Waals surface area contributed by atoms with E-state index in [1.807, 2.05) is 6.07 Å². The summed E-state index contributed by atoms with van der Waals surface area (Å²) in [5.74, 6) is -1.64. The molecule has 0 aromatic heterocycles. The summed E-state index contributed by atoms with van der Waals surface area (Å²) in [5, 5.41) is 13.4. The van der Waals surface area contributed by atoms with E-state index in [2.05, 4.69) is 10.6 Å². The Labute approximate surface area is 112 Å². The Balaban J connectivity index is 4.71. The minimum atomic E-state index is -0.901. The highest BCUT2D eigenvalue weighted by Crippen LogP contribution is 2.04. The summed E-state index contributed by atoms with van der Waals surface area (Å²) in [7, 11) is 0. The van der Waals surface area contributed by atoms with Crippen LogP contribution in [-0.2, 0) is 14.4 Å². The van der Waals surface area contributed by atoms with Crippen LogP contribution < -0.4 is 16.4 Å². The molecule has 0 spiro atoms. The second kappa shape index (κ2) is 8.08. The molecule has 0 unspecified atom stereocenters. The van der Waals surface area contributed by atoms with Gasteiger partial charge in [-0.15, -0.1) is 0 Å². The standard InChI is InChI=1S/C12H20N4O3/c1-7(2)10(15-8(3)17)12(19)16-9(11(14)18)5-4-6-13/h7,9-10H,4-5H2,1-3H3,(H2,14,18)(H,15,17)(H,16,19)/t9-,10+/m0/s1. The molecule has 0 aliphatic rings. The SMILES string of the molecule is CC(=O)N[C@@H](C(=O)N[C@@H](CCC#N)C(N)=O)C(C)C. The smallest absolute Gasteiger partial charge is 0.243 e. The van der Waals surface area contributed by atoms with Crippen molar-refractivity contribution in [2.45, 2.75) is 45.7 Å². The van der Waals surface area contributed by atoms with Gasteiger partial charge in [-0.1, -0.05) is 13.8 Å². The maximum Gasteiger partial charge on any atom is 0.243 e. The predicted octanol–water partition coefficient (Wildman–Crippen LogP) is -0.579. The van der Waals surface area contributed by atoms with E-state index >= 15 is 0 Å². The Morgan fingerprint density at radius 2 is 1.84 bits per heavy atom. The van der Waals surface area contributed by atoms with Crippen molar-refractivity contribution in [3.63, 3.8) is 0 Å². The lowest BCUT2D eigenvalue weighted by atomic mass is 10.0. The highest BCUT2D eigenvalue weighted by atomic mass is 16.2. The van der Waals surface area contributed by atoms with Gasteiger partial charge < -0.3 is 16.4 Å². The van der Waals surface area contributed by atoms with Crippen molar-refractivity contribution in [1.29, 1.82) is 5.26 Å². The largest absolute Gasteiger partial charge is 0.368 e. The first kappa shape index (κ1) is 16.9. The molecular formula is C12H20N4O3. The van der Waals surface area contributed by atoms with Crippen LogP contribution in [0.25, 0.3) is 0 Å². The number of hydrogen-bond acceptors (Lipinski definition) is 4. The van der Waals surface area contributed by atoms with Crippen molar-refractivity contribution in [1.82, 2.24) is 10.6 Å². The zero-order valence-electron chi connectivity index (χ0n) is 11.4. The molecule has 0 saturated carbocycles. The molecule has 3 amide bonds. The summed E-state index contributed by atoms with van der Waals surface area (Å²) in [6, 6.07) is 0.246. The number of carbonyl (C=O) groups is 3. The molecule has 0 aromatic carbocycles. The van der Waals surface area contributed by atoms with Gasteiger partial charge in [0.05, 0.1) is 6.07 Å². The third-order valence-corrected chi connectivity index (χ3v) is 2.51. The molecule has 2 atom stereocenters. The van der Waals surface area contributed by atoms with E-state index in [1.54, 1.807) is 13.8 Å². The molecule has 0 heterocycles. The Hall–Kier alpha value is -2.10. The van der Waals surface area contributed by atoms with E-state index in [4.69, 9.17) is 11.0 Å². The highest BCUT2D eigenvalue weighted by molar-refractivity contribution is 5.91. The lowest BCUT2D eigenvalue weighted by Gasteiger charge is -2.23. The van der Waals surface area contributed by atoms with Crippen molar-refractivity contribution in [3.05, 3.63) is 0 Å². The van der Waals surface area contributed by atoms with Crippen LogP contribution in [0.3, 0.4) is 0 Å². The van der Waals surface area contributed by atoms with Crippen LogP contribution in [-0.4, -0.2) is 29.8 Å². The molecule has 0 saturated heterocycles. The van der Waals surface area contributed by atoms with Gasteiger partial charge in [-0.3, -0.25) is 14.4 Å². The number of nitrogens with zero attached hydrogens (tertiary/aromatic N) is 1. The second-order valence-corrected chi connectivity index (χ2v) is 4.58. The molecule has 7 heteroatoms. The van der Waals surface area contributed by atoms with Gasteiger partial charge in [0.1, 0.15) is 12.1 Å². The Bertz CT molecular complexity index is 387. The molecule has 0 bridgehead atoms. The zero-order valence-corrected chi connectivity index (χ0v) is 11.4. The van der Waals surface area contributed by atoms with E-state index in [9.17, 15) is 14.4 Å². The normalized spacial score (nSPS) is 13.2. The van der Waals surface area contributed by atoms with Gasteiger partial charge in [-0.2, -0.15) is 5.26 Å². The average molecular weight is 268 g/mol. The molecule has 0 aromatic rings. The van der Waals surface area contributed by atoms with Crippen LogP contribution in [0.2, 0.25) is 0 Å². The van der Waals surface area contributed by atoms with Crippen molar-refractivity contribution in [2.75, 3.05) is 0 Å². The highest BCUT2D eigenvalue weighted by Gasteiger charge is 2.26. The third-order valence-electron chi connectivity index (χ3n) is 2.51. The van der Waals surface area contributed by atoms with Crippen molar-refractivity contribution >= 4 is 17.7 Å². The number of nitriles is 1. The molecule has 7 nitrogen and oxygen atoms in total. The fourth-order valence-corrected chi connectivity index (χ4v) is 1.51. The number of amides is 3. The summed E-state index contributed by atoms with van der Waals surface area (Å²) in [6.45, 7) is 4.85. The molecule has 0 aliphatic carbocycles. The number of primary amides is 1. The quantitative estimate of drug-likeness (QED) is 0.571. The Kier molecular flexibility index (Phi) is 7.19. The van der Waals surface area contributed by atoms with Crippen LogP contribution in [0.15, 0.2) is 0 Å². The number of nitrogens with one attached hydrogen (secondary N) is 2. The Morgan fingerprint density at radius 3 is 2.21 bits per heavy atom. The van der Waals surface area contributed by atoms with Gasteiger partial charge in [0.15, 0.2) is 0 Å². The number of hydrogen-bond donors (Lipinski definition) is 3. The maximum absolute atomic E-state index is 12.0. The fourth-order valence-electron chi connectivity index (χ4n) is 1.51. The number of nitrogens with two attached hydrogens (primary N) is 1. The first-order chi connectivity index (χ1) is 8.79. The second-order valence-electron chi connectivity index (χ2n) is 4.58. The Morgan fingerprint density at radius 1 is 1.26 bits per heavy atom. The van der Waals surface area contributed by atoms with E-state index in [0.717, 1.165) is 0 Å². The summed E-state index contributed by atoms with van der Waals surface area (Å²) < 4.78 is 0. The summed E-state index contributed by atoms with van der Waals surface area (Å²) in [5.41, 5.74) is 5.15. The first-order valence-electron chi connectivity index (χ1n) is 6.03.